The summed E-state index contributed by atoms with van der Waals surface area (Å²) in [7, 11) is -0.518. The molecule has 0 spiro atoms. The Labute approximate surface area is 201 Å². The van der Waals surface area contributed by atoms with E-state index in [1.54, 1.807) is 27.8 Å². The van der Waals surface area contributed by atoms with Gasteiger partial charge < -0.3 is 30.2 Å². The van der Waals surface area contributed by atoms with E-state index in [1.165, 1.54) is 10.9 Å². The van der Waals surface area contributed by atoms with Gasteiger partial charge >= 0.3 is 5.97 Å². The number of anilines is 2. The Balaban J connectivity index is 1.75. The summed E-state index contributed by atoms with van der Waals surface area (Å²) in [6.45, 7) is 4.78. The zero-order valence-electron chi connectivity index (χ0n) is 19.0. The highest BCUT2D eigenvalue weighted by molar-refractivity contribution is 8.02. The minimum absolute atomic E-state index is 0.0725. The summed E-state index contributed by atoms with van der Waals surface area (Å²) in [5, 5.41) is 16.3. The van der Waals surface area contributed by atoms with Gasteiger partial charge in [0.2, 0.25) is 11.6 Å². The van der Waals surface area contributed by atoms with Gasteiger partial charge in [-0.25, -0.2) is 9.37 Å². The third-order valence-corrected chi connectivity index (χ3v) is 6.82. The number of halogens is 1. The first kappa shape index (κ1) is 26.2. The molecule has 1 aliphatic heterocycles. The van der Waals surface area contributed by atoms with Crippen LogP contribution in [0.5, 0.6) is 0 Å². The van der Waals surface area contributed by atoms with Crippen molar-refractivity contribution in [2.75, 3.05) is 24.7 Å². The van der Waals surface area contributed by atoms with Crippen molar-refractivity contribution >= 4 is 47.8 Å². The van der Waals surface area contributed by atoms with Gasteiger partial charge in [-0.2, -0.15) is 9.97 Å². The van der Waals surface area contributed by atoms with Crippen LogP contribution in [0.4, 0.5) is 16.2 Å². The van der Waals surface area contributed by atoms with Gasteiger partial charge in [0.25, 0.3) is 0 Å². The molecule has 3 heterocycles. The van der Waals surface area contributed by atoms with Crippen LogP contribution in [0.1, 0.15) is 27.0 Å². The maximum absolute atomic E-state index is 15.8. The number of hydrogen-bond donors (Lipinski definition) is 4. The number of nitrogen functional groups attached to an aromatic ring is 1. The first-order valence-electron chi connectivity index (χ1n) is 10.3. The second-order valence-electron chi connectivity index (χ2n) is 7.84. The predicted molar refractivity (Wildman–Crippen MR) is 127 cm³/mol. The molecule has 0 aliphatic carbocycles. The molecule has 1 aliphatic rings. The number of aliphatic hydroxyl groups is 1. The quantitative estimate of drug-likeness (QED) is 0.208. The van der Waals surface area contributed by atoms with E-state index in [0.717, 1.165) is 0 Å². The Bertz CT molecular complexity index is 1130. The van der Waals surface area contributed by atoms with Crippen LogP contribution >= 0.6 is 7.07 Å². The zero-order chi connectivity index (χ0) is 25.2. The number of ether oxygens (including phenoxy) is 2. The normalized spacial score (nSPS) is 26.4. The SMILES string of the molecule is C#C[C@@]1(F)[C@H](O)[C@@H](CO[PH](=S)N[C@H](C)C(=O)OC(C)C)O[C@H]1n1cnc2c(NC)nc(N)nc21. The molecule has 0 bridgehead atoms. The molecule has 1 fully saturated rings. The van der Waals surface area contributed by atoms with E-state index in [-0.39, 0.29) is 24.3 Å². The van der Waals surface area contributed by atoms with Gasteiger partial charge in [0.05, 0.1) is 19.0 Å². The lowest BCUT2D eigenvalue weighted by Crippen LogP contribution is -2.42. The molecule has 12 nitrogen and oxygen atoms in total. The molecule has 0 radical (unpaired) electrons. The number of nitrogens with two attached hydrogens (primary N) is 1. The Morgan fingerprint density at radius 3 is 2.85 bits per heavy atom. The molecule has 1 unspecified atom stereocenters. The van der Waals surface area contributed by atoms with Crippen LogP contribution in [-0.4, -0.2) is 74.3 Å². The standard InChI is InChI=1S/C19H27FN7O5PS/c1-6-19(20)13(28)11(7-30-33(34)26-10(4)16(29)31-9(2)3)32-17(19)27-8-23-12-14(22-5)24-18(21)25-15(12)27/h1,8-11,13,17,28,33H,7H2,2-5H3,(H,26,34)(H3,21,22,24,25)/t10-,11-,13-,17-,19-/m1/s1. The Hall–Kier alpha value is -2.40. The maximum atomic E-state index is 15.8. The third kappa shape index (κ3) is 5.14. The van der Waals surface area contributed by atoms with Gasteiger partial charge in [0.1, 0.15) is 25.3 Å². The molecule has 5 N–H and O–H groups in total. The summed E-state index contributed by atoms with van der Waals surface area (Å²) in [6.07, 6.45) is 2.08. The van der Waals surface area contributed by atoms with Gasteiger partial charge in [0.15, 0.2) is 23.2 Å². The number of esters is 1. The number of rotatable bonds is 9. The van der Waals surface area contributed by atoms with Crippen molar-refractivity contribution in [2.24, 2.45) is 0 Å². The molecule has 0 aromatic carbocycles. The fourth-order valence-electron chi connectivity index (χ4n) is 3.36. The van der Waals surface area contributed by atoms with Crippen LogP contribution in [0, 0.1) is 12.3 Å². The van der Waals surface area contributed by atoms with Gasteiger partial charge in [-0.1, -0.05) is 17.7 Å². The molecular weight excluding hydrogens is 488 g/mol. The number of terminal acetylenes is 1. The molecule has 6 atom stereocenters. The molecule has 1 saturated heterocycles. The summed E-state index contributed by atoms with van der Waals surface area (Å²) < 4.78 is 33.5. The van der Waals surface area contributed by atoms with Gasteiger partial charge in [-0.15, -0.1) is 6.42 Å². The van der Waals surface area contributed by atoms with E-state index in [2.05, 4.69) is 25.4 Å². The molecule has 2 aromatic heterocycles. The lowest BCUT2D eigenvalue weighted by atomic mass is 9.97. The number of nitrogens with zero attached hydrogens (tertiary/aromatic N) is 4. The number of imidazole rings is 1. The zero-order valence-corrected chi connectivity index (χ0v) is 20.8. The number of fused-ring (bicyclic) bond motifs is 1. The highest BCUT2D eigenvalue weighted by Gasteiger charge is 2.58. The number of carbonyl (C=O) groups excluding carboxylic acids is 1. The first-order chi connectivity index (χ1) is 16.0. The number of carbonyl (C=O) groups is 1. The molecule has 0 amide bonds. The smallest absolute Gasteiger partial charge is 0.323 e. The van der Waals surface area contributed by atoms with E-state index in [1.807, 2.05) is 5.92 Å². The second kappa shape index (κ2) is 10.5. The Morgan fingerprint density at radius 2 is 2.24 bits per heavy atom. The van der Waals surface area contributed by atoms with Crippen LogP contribution in [0.2, 0.25) is 0 Å². The lowest BCUT2D eigenvalue weighted by Gasteiger charge is -2.23. The van der Waals surface area contributed by atoms with Crippen molar-refractivity contribution < 1.29 is 28.3 Å². The van der Waals surface area contributed by atoms with E-state index in [0.29, 0.717) is 11.3 Å². The number of aromatic nitrogens is 4. The first-order valence-corrected chi connectivity index (χ1v) is 12.9. The van der Waals surface area contributed by atoms with Crippen LogP contribution < -0.4 is 16.1 Å². The monoisotopic (exact) mass is 515 g/mol. The van der Waals surface area contributed by atoms with Crippen molar-refractivity contribution in [2.45, 2.75) is 57.0 Å². The number of nitrogens with one attached hydrogen (secondary N) is 2. The lowest BCUT2D eigenvalue weighted by molar-refractivity contribution is -0.148. The van der Waals surface area contributed by atoms with E-state index in [4.69, 9.17) is 38.0 Å². The fraction of sp³-hybridized carbons (Fsp3) is 0.579. The largest absolute Gasteiger partial charge is 0.462 e. The molecule has 34 heavy (non-hydrogen) atoms. The van der Waals surface area contributed by atoms with Crippen molar-refractivity contribution in [3.05, 3.63) is 6.33 Å². The third-order valence-electron chi connectivity index (χ3n) is 5.01. The average Bonchev–Trinajstić information content (AvgIpc) is 3.30. The molecule has 3 rings (SSSR count). The van der Waals surface area contributed by atoms with Gasteiger partial charge in [0, 0.05) is 7.05 Å². The average molecular weight is 516 g/mol. The van der Waals surface area contributed by atoms with Crippen LogP contribution in [0.3, 0.4) is 0 Å². The maximum Gasteiger partial charge on any atom is 0.323 e. The van der Waals surface area contributed by atoms with Crippen molar-refractivity contribution in [3.63, 3.8) is 0 Å². The van der Waals surface area contributed by atoms with Crippen molar-refractivity contribution in [1.29, 1.82) is 0 Å². The predicted octanol–water partition coefficient (Wildman–Crippen LogP) is 0.502. The Morgan fingerprint density at radius 1 is 1.53 bits per heavy atom. The van der Waals surface area contributed by atoms with E-state index >= 15 is 4.39 Å². The summed E-state index contributed by atoms with van der Waals surface area (Å²) in [5.74, 6) is 1.77. The number of hydrogen-bond acceptors (Lipinski definition) is 11. The summed E-state index contributed by atoms with van der Waals surface area (Å²) in [5.41, 5.74) is 3.61. The van der Waals surface area contributed by atoms with Crippen LogP contribution in [-0.2, 0) is 30.6 Å². The number of aliphatic hydroxyl groups excluding tert-OH is 1. The minimum Gasteiger partial charge on any atom is -0.462 e. The summed E-state index contributed by atoms with van der Waals surface area (Å²) in [4.78, 5) is 24.3. The van der Waals surface area contributed by atoms with E-state index in [9.17, 15) is 9.90 Å². The summed E-state index contributed by atoms with van der Waals surface area (Å²) >= 11 is 5.26. The summed E-state index contributed by atoms with van der Waals surface area (Å²) in [6, 6.07) is -0.703. The van der Waals surface area contributed by atoms with Crippen molar-refractivity contribution in [1.82, 2.24) is 24.6 Å². The fourth-order valence-corrected chi connectivity index (χ4v) is 4.96. The highest BCUT2D eigenvalue weighted by atomic mass is 32.4. The van der Waals surface area contributed by atoms with E-state index < -0.39 is 43.2 Å². The topological polar surface area (TPSA) is 159 Å². The molecule has 2 aromatic rings. The van der Waals surface area contributed by atoms with Gasteiger partial charge in [-0.05, 0) is 20.8 Å². The molecular formula is C19H27FN7O5PS. The molecule has 15 heteroatoms. The van der Waals surface area contributed by atoms with Crippen LogP contribution in [0.15, 0.2) is 6.33 Å². The van der Waals surface area contributed by atoms with Crippen molar-refractivity contribution in [3.8, 4) is 12.3 Å². The highest BCUT2D eigenvalue weighted by Crippen LogP contribution is 2.43. The minimum atomic E-state index is -2.63. The second-order valence-corrected chi connectivity index (χ2v) is 10.1. The Kier molecular flexibility index (Phi) is 8.07. The van der Waals surface area contributed by atoms with Gasteiger partial charge in [-0.3, -0.25) is 14.4 Å². The molecule has 186 valence electrons. The molecule has 0 saturated carbocycles. The van der Waals surface area contributed by atoms with Crippen LogP contribution in [0.25, 0.3) is 11.2 Å². The number of alkyl halides is 1.